The third-order valence-electron chi connectivity index (χ3n) is 2.65. The van der Waals surface area contributed by atoms with Gasteiger partial charge in [-0.3, -0.25) is 4.68 Å². The Bertz CT molecular complexity index is 518. The SMILES string of the molecule is Cc1cc(CSc2ncc(CO)n2C)n(C)n1. The summed E-state index contributed by atoms with van der Waals surface area (Å²) in [6.45, 7) is 2.01. The Hall–Kier alpha value is -1.27. The first-order valence-corrected chi connectivity index (χ1v) is 6.34. The molecule has 0 atom stereocenters. The van der Waals surface area contributed by atoms with Gasteiger partial charge in [-0.25, -0.2) is 4.98 Å². The van der Waals surface area contributed by atoms with Crippen molar-refractivity contribution < 1.29 is 5.11 Å². The monoisotopic (exact) mass is 252 g/mol. The minimum atomic E-state index is 0.0227. The summed E-state index contributed by atoms with van der Waals surface area (Å²) < 4.78 is 3.80. The molecule has 0 aliphatic heterocycles. The fourth-order valence-electron chi connectivity index (χ4n) is 1.64. The first-order chi connectivity index (χ1) is 8.11. The highest BCUT2D eigenvalue weighted by Crippen LogP contribution is 2.22. The second-order valence-electron chi connectivity index (χ2n) is 3.94. The molecule has 6 heteroatoms. The van der Waals surface area contributed by atoms with Crippen molar-refractivity contribution >= 4 is 11.8 Å². The summed E-state index contributed by atoms with van der Waals surface area (Å²) in [4.78, 5) is 4.27. The van der Waals surface area contributed by atoms with Crippen molar-refractivity contribution in [2.45, 2.75) is 24.4 Å². The molecule has 2 rings (SSSR count). The van der Waals surface area contributed by atoms with Crippen molar-refractivity contribution in [1.29, 1.82) is 0 Å². The van der Waals surface area contributed by atoms with Crippen LogP contribution < -0.4 is 0 Å². The molecule has 0 fully saturated rings. The van der Waals surface area contributed by atoms with E-state index >= 15 is 0 Å². The number of rotatable bonds is 4. The zero-order valence-corrected chi connectivity index (χ0v) is 11.0. The van der Waals surface area contributed by atoms with Gasteiger partial charge in [-0.2, -0.15) is 5.10 Å². The van der Waals surface area contributed by atoms with Gasteiger partial charge in [-0.15, -0.1) is 0 Å². The van der Waals surface area contributed by atoms with E-state index in [9.17, 15) is 0 Å². The molecule has 17 heavy (non-hydrogen) atoms. The highest BCUT2D eigenvalue weighted by molar-refractivity contribution is 7.98. The molecule has 92 valence electrons. The molecular weight excluding hydrogens is 236 g/mol. The van der Waals surface area contributed by atoms with Crippen LogP contribution in [0.5, 0.6) is 0 Å². The second kappa shape index (κ2) is 4.93. The maximum absolute atomic E-state index is 9.08. The van der Waals surface area contributed by atoms with E-state index in [2.05, 4.69) is 16.1 Å². The quantitative estimate of drug-likeness (QED) is 0.832. The number of aliphatic hydroxyl groups is 1. The van der Waals surface area contributed by atoms with Crippen LogP contribution in [0, 0.1) is 6.92 Å². The molecule has 0 aliphatic rings. The molecule has 0 aromatic carbocycles. The van der Waals surface area contributed by atoms with Crippen LogP contribution in [0.1, 0.15) is 17.1 Å². The Morgan fingerprint density at radius 1 is 1.35 bits per heavy atom. The van der Waals surface area contributed by atoms with Gasteiger partial charge in [0.05, 0.1) is 24.2 Å². The van der Waals surface area contributed by atoms with Gasteiger partial charge in [-0.05, 0) is 13.0 Å². The molecule has 2 aromatic heterocycles. The van der Waals surface area contributed by atoms with E-state index in [-0.39, 0.29) is 6.61 Å². The molecule has 0 unspecified atom stereocenters. The van der Waals surface area contributed by atoms with Gasteiger partial charge in [0.2, 0.25) is 0 Å². The lowest BCUT2D eigenvalue weighted by Gasteiger charge is -2.04. The fourth-order valence-corrected chi connectivity index (χ4v) is 2.63. The predicted octanol–water partition coefficient (Wildman–Crippen LogP) is 1.25. The number of aromatic nitrogens is 4. The zero-order chi connectivity index (χ0) is 12.4. The van der Waals surface area contributed by atoms with Crippen molar-refractivity contribution in [2.24, 2.45) is 14.1 Å². The summed E-state index contributed by atoms with van der Waals surface area (Å²) in [6, 6.07) is 2.07. The van der Waals surface area contributed by atoms with Gasteiger partial charge in [-0.1, -0.05) is 11.8 Å². The lowest BCUT2D eigenvalue weighted by Crippen LogP contribution is -1.99. The van der Waals surface area contributed by atoms with Crippen LogP contribution in [0.2, 0.25) is 0 Å². The molecule has 0 saturated heterocycles. The lowest BCUT2D eigenvalue weighted by atomic mass is 10.4. The Balaban J connectivity index is 2.07. The molecule has 2 aromatic rings. The van der Waals surface area contributed by atoms with Crippen LogP contribution in [0.4, 0.5) is 0 Å². The van der Waals surface area contributed by atoms with Crippen molar-refractivity contribution in [3.8, 4) is 0 Å². The van der Waals surface area contributed by atoms with Gasteiger partial charge >= 0.3 is 0 Å². The van der Waals surface area contributed by atoms with Crippen LogP contribution >= 0.6 is 11.8 Å². The van der Waals surface area contributed by atoms with E-state index in [1.54, 1.807) is 18.0 Å². The number of aliphatic hydroxyl groups excluding tert-OH is 1. The Kier molecular flexibility index (Phi) is 3.54. The minimum absolute atomic E-state index is 0.0227. The van der Waals surface area contributed by atoms with Crippen LogP contribution in [0.15, 0.2) is 17.4 Å². The summed E-state index contributed by atoms with van der Waals surface area (Å²) in [5.74, 6) is 0.826. The number of thioether (sulfide) groups is 1. The summed E-state index contributed by atoms with van der Waals surface area (Å²) >= 11 is 1.64. The van der Waals surface area contributed by atoms with Crippen LogP contribution in [0.25, 0.3) is 0 Å². The summed E-state index contributed by atoms with van der Waals surface area (Å²) in [5.41, 5.74) is 3.02. The van der Waals surface area contributed by atoms with E-state index in [0.29, 0.717) is 0 Å². The first-order valence-electron chi connectivity index (χ1n) is 5.35. The minimum Gasteiger partial charge on any atom is -0.390 e. The van der Waals surface area contributed by atoms with E-state index in [1.165, 1.54) is 5.69 Å². The topological polar surface area (TPSA) is 55.9 Å². The number of nitrogens with zero attached hydrogens (tertiary/aromatic N) is 4. The average molecular weight is 252 g/mol. The average Bonchev–Trinajstić information content (AvgIpc) is 2.79. The molecule has 2 heterocycles. The summed E-state index contributed by atoms with van der Waals surface area (Å²) in [6.07, 6.45) is 1.71. The van der Waals surface area contributed by atoms with Crippen molar-refractivity contribution in [3.63, 3.8) is 0 Å². The predicted molar refractivity (Wildman–Crippen MR) is 66.6 cm³/mol. The van der Waals surface area contributed by atoms with Crippen LogP contribution in [-0.4, -0.2) is 24.4 Å². The molecule has 0 radical (unpaired) electrons. The van der Waals surface area contributed by atoms with Gasteiger partial charge in [0, 0.05) is 25.5 Å². The molecule has 0 saturated carbocycles. The smallest absolute Gasteiger partial charge is 0.168 e. The third-order valence-corrected chi connectivity index (χ3v) is 3.73. The second-order valence-corrected chi connectivity index (χ2v) is 4.88. The molecule has 0 amide bonds. The third kappa shape index (κ3) is 2.53. The van der Waals surface area contributed by atoms with Crippen LogP contribution in [-0.2, 0) is 26.5 Å². The molecular formula is C11H16N4OS. The number of hydrogen-bond donors (Lipinski definition) is 1. The Morgan fingerprint density at radius 2 is 2.12 bits per heavy atom. The first kappa shape index (κ1) is 12.2. The van der Waals surface area contributed by atoms with E-state index in [0.717, 1.165) is 22.3 Å². The van der Waals surface area contributed by atoms with E-state index in [1.807, 2.05) is 30.3 Å². The Morgan fingerprint density at radius 3 is 2.65 bits per heavy atom. The van der Waals surface area contributed by atoms with Crippen LogP contribution in [0.3, 0.4) is 0 Å². The van der Waals surface area contributed by atoms with E-state index < -0.39 is 0 Å². The molecule has 5 nitrogen and oxygen atoms in total. The van der Waals surface area contributed by atoms with Gasteiger partial charge < -0.3 is 9.67 Å². The van der Waals surface area contributed by atoms with Crippen molar-refractivity contribution in [2.75, 3.05) is 0 Å². The lowest BCUT2D eigenvalue weighted by molar-refractivity contribution is 0.271. The van der Waals surface area contributed by atoms with Crippen molar-refractivity contribution in [1.82, 2.24) is 19.3 Å². The standard InChI is InChI=1S/C11H16N4OS/c1-8-4-9(15(3)13-8)7-17-11-12-5-10(6-16)14(11)2/h4-5,16H,6-7H2,1-3H3. The fraction of sp³-hybridized carbons (Fsp3) is 0.455. The number of hydrogen-bond acceptors (Lipinski definition) is 4. The Labute approximate surface area is 104 Å². The maximum atomic E-state index is 9.08. The zero-order valence-electron chi connectivity index (χ0n) is 10.2. The normalized spacial score (nSPS) is 11.1. The molecule has 0 aliphatic carbocycles. The largest absolute Gasteiger partial charge is 0.390 e. The maximum Gasteiger partial charge on any atom is 0.168 e. The molecule has 0 spiro atoms. The highest BCUT2D eigenvalue weighted by Gasteiger charge is 2.08. The van der Waals surface area contributed by atoms with Crippen molar-refractivity contribution in [3.05, 3.63) is 29.3 Å². The van der Waals surface area contributed by atoms with Gasteiger partial charge in [0.1, 0.15) is 0 Å². The molecule has 1 N–H and O–H groups in total. The van der Waals surface area contributed by atoms with E-state index in [4.69, 9.17) is 5.11 Å². The van der Waals surface area contributed by atoms with Gasteiger partial charge in [0.15, 0.2) is 5.16 Å². The van der Waals surface area contributed by atoms with Gasteiger partial charge in [0.25, 0.3) is 0 Å². The summed E-state index contributed by atoms with van der Waals surface area (Å²) in [7, 11) is 3.86. The highest BCUT2D eigenvalue weighted by atomic mass is 32.2. The number of aryl methyl sites for hydroxylation is 2. The molecule has 0 bridgehead atoms. The number of imidazole rings is 1. The summed E-state index contributed by atoms with van der Waals surface area (Å²) in [5, 5.41) is 14.3.